The van der Waals surface area contributed by atoms with Crippen molar-refractivity contribution in [3.63, 3.8) is 0 Å². The molecule has 0 aromatic carbocycles. The van der Waals surface area contributed by atoms with Gasteiger partial charge in [-0.25, -0.2) is 4.79 Å². The van der Waals surface area contributed by atoms with Crippen LogP contribution in [0.25, 0.3) is 0 Å². The molecule has 1 heterocycles. The van der Waals surface area contributed by atoms with Gasteiger partial charge in [-0.3, -0.25) is 9.59 Å². The summed E-state index contributed by atoms with van der Waals surface area (Å²) >= 11 is 0. The largest absolute Gasteiger partial charge is 0.461 e. The third-order valence-corrected chi connectivity index (χ3v) is 11.6. The lowest BCUT2D eigenvalue weighted by Crippen LogP contribution is -2.67. The van der Waals surface area contributed by atoms with E-state index in [1.54, 1.807) is 6.26 Å². The average molecular weight is 515 g/mol. The van der Waals surface area contributed by atoms with Crippen molar-refractivity contribution >= 4 is 11.9 Å². The molecule has 204 valence electrons. The van der Waals surface area contributed by atoms with Gasteiger partial charge in [-0.05, 0) is 92.6 Å². The van der Waals surface area contributed by atoms with Crippen LogP contribution in [-0.4, -0.2) is 34.7 Å². The third-order valence-electron chi connectivity index (χ3n) is 11.6. The van der Waals surface area contributed by atoms with Crippen molar-refractivity contribution in [1.29, 1.82) is 0 Å². The van der Waals surface area contributed by atoms with Gasteiger partial charge in [-0.15, -0.1) is 0 Å². The van der Waals surface area contributed by atoms with E-state index in [1.807, 2.05) is 6.07 Å². The van der Waals surface area contributed by atoms with E-state index in [0.717, 1.165) is 63.4 Å². The van der Waals surface area contributed by atoms with Gasteiger partial charge in [0.2, 0.25) is 5.91 Å². The normalized spacial score (nSPS) is 43.7. The highest BCUT2D eigenvalue weighted by Gasteiger charge is 2.72. The van der Waals surface area contributed by atoms with Gasteiger partial charge in [0.05, 0.1) is 18.3 Å². The zero-order valence-electron chi connectivity index (χ0n) is 22.3. The minimum atomic E-state index is -1.02. The Balaban J connectivity index is 1.35. The van der Waals surface area contributed by atoms with Crippen LogP contribution in [0.3, 0.4) is 0 Å². The first-order valence-electron chi connectivity index (χ1n) is 13.9. The molecule has 1 amide bonds. The number of esters is 1. The van der Waals surface area contributed by atoms with Crippen molar-refractivity contribution in [2.45, 2.75) is 109 Å². The summed E-state index contributed by atoms with van der Waals surface area (Å²) in [4.78, 5) is 35.1. The monoisotopic (exact) mass is 514 g/mol. The molecule has 0 aliphatic heterocycles. The molecule has 4 aliphatic rings. The second-order valence-corrected chi connectivity index (χ2v) is 13.1. The van der Waals surface area contributed by atoms with Crippen molar-refractivity contribution in [2.24, 2.45) is 39.5 Å². The van der Waals surface area contributed by atoms with Crippen molar-refractivity contribution in [1.82, 2.24) is 0 Å². The summed E-state index contributed by atoms with van der Waals surface area (Å²) in [5.41, 5.74) is 10.4. The van der Waals surface area contributed by atoms with Crippen molar-refractivity contribution in [3.05, 3.63) is 34.4 Å². The van der Waals surface area contributed by atoms with Gasteiger partial charge in [-0.1, -0.05) is 20.8 Å². The predicted octanol–water partition coefficient (Wildman–Crippen LogP) is 3.39. The standard InChI is InChI=1S/C29H42N2O6/c1-26-10-7-19(37-25(34)21(30)15-23(31)32)14-18(26)6-11-28(3)22(26)9-12-27(2)20(8-13-29(27,28)35)17-4-5-24(33)36-16-17/h4-5,16,18-22,35H,6-15,30H2,1-3H3,(H2,31,32)/t18-,19+,20-,21?,22-,26+,27-,28-,29-/m1/s1. The van der Waals surface area contributed by atoms with E-state index >= 15 is 0 Å². The Morgan fingerprint density at radius 2 is 1.81 bits per heavy atom. The summed E-state index contributed by atoms with van der Waals surface area (Å²) in [6.45, 7) is 6.96. The molecule has 0 saturated heterocycles. The van der Waals surface area contributed by atoms with Crippen LogP contribution in [0, 0.1) is 28.1 Å². The topological polar surface area (TPSA) is 146 Å². The average Bonchev–Trinajstić information content (AvgIpc) is 3.12. The minimum absolute atomic E-state index is 0.0555. The van der Waals surface area contributed by atoms with Gasteiger partial charge < -0.3 is 25.7 Å². The zero-order valence-corrected chi connectivity index (χ0v) is 22.3. The maximum absolute atomic E-state index is 12.6. The molecule has 8 nitrogen and oxygen atoms in total. The Bertz CT molecular complexity index is 1120. The first-order valence-corrected chi connectivity index (χ1v) is 13.9. The van der Waals surface area contributed by atoms with Crippen LogP contribution in [-0.2, 0) is 14.3 Å². The number of carbonyl (C=O) groups is 2. The maximum Gasteiger partial charge on any atom is 0.335 e. The van der Waals surface area contributed by atoms with E-state index in [-0.39, 0.29) is 40.3 Å². The van der Waals surface area contributed by atoms with Crippen molar-refractivity contribution in [2.75, 3.05) is 0 Å². The number of rotatable bonds is 5. The summed E-state index contributed by atoms with van der Waals surface area (Å²) in [5.74, 6) is -0.231. The van der Waals surface area contributed by atoms with Gasteiger partial charge in [0.1, 0.15) is 12.1 Å². The summed E-state index contributed by atoms with van der Waals surface area (Å²) < 4.78 is 10.9. The van der Waals surface area contributed by atoms with Crippen LogP contribution in [0.2, 0.25) is 0 Å². The fraction of sp³-hybridized carbons (Fsp3) is 0.759. The molecule has 0 radical (unpaired) electrons. The summed E-state index contributed by atoms with van der Waals surface area (Å²) in [6, 6.07) is 2.35. The molecule has 1 aromatic heterocycles. The van der Waals surface area contributed by atoms with E-state index in [9.17, 15) is 19.5 Å². The molecule has 0 bridgehead atoms. The lowest BCUT2D eigenvalue weighted by Gasteiger charge is -2.68. The van der Waals surface area contributed by atoms with Crippen LogP contribution in [0.4, 0.5) is 0 Å². The third kappa shape index (κ3) is 3.89. The van der Waals surface area contributed by atoms with Gasteiger partial charge in [0.25, 0.3) is 0 Å². The second-order valence-electron chi connectivity index (χ2n) is 13.1. The number of amides is 1. The number of primary amides is 1. The Hall–Kier alpha value is -2.19. The van der Waals surface area contributed by atoms with Crippen LogP contribution >= 0.6 is 0 Å². The van der Waals surface area contributed by atoms with Crippen LogP contribution in [0.15, 0.2) is 27.6 Å². The Kier molecular flexibility index (Phi) is 6.38. The first-order chi connectivity index (χ1) is 17.3. The SMILES string of the molecule is C[C@]12CC[C@H](OC(=O)C(N)CC(N)=O)C[C@H]1CC[C@]1(C)[C@@H]2CC[C@]2(C)[C@@H](c3ccc(=O)oc3)CC[C@@]21O. The fourth-order valence-electron chi connectivity index (χ4n) is 9.58. The van der Waals surface area contributed by atoms with E-state index in [4.69, 9.17) is 20.6 Å². The molecular weight excluding hydrogens is 472 g/mol. The first kappa shape index (κ1) is 26.4. The van der Waals surface area contributed by atoms with Crippen LogP contribution < -0.4 is 17.1 Å². The maximum atomic E-state index is 12.6. The highest BCUT2D eigenvalue weighted by molar-refractivity contribution is 5.84. The van der Waals surface area contributed by atoms with E-state index < -0.39 is 23.5 Å². The molecule has 8 heteroatoms. The van der Waals surface area contributed by atoms with Gasteiger partial charge in [-0.2, -0.15) is 0 Å². The smallest absolute Gasteiger partial charge is 0.335 e. The molecule has 5 N–H and O–H groups in total. The molecule has 4 fully saturated rings. The summed E-state index contributed by atoms with van der Waals surface area (Å²) in [5, 5.41) is 12.6. The lowest BCUT2D eigenvalue weighted by atomic mass is 9.38. The molecule has 1 aromatic rings. The van der Waals surface area contributed by atoms with E-state index in [2.05, 4.69) is 20.8 Å². The highest BCUT2D eigenvalue weighted by Crippen LogP contribution is 2.75. The Morgan fingerprint density at radius 3 is 2.49 bits per heavy atom. The van der Waals surface area contributed by atoms with Crippen LogP contribution in [0.1, 0.15) is 96.5 Å². The van der Waals surface area contributed by atoms with E-state index in [0.29, 0.717) is 11.8 Å². The number of ether oxygens (including phenoxy) is 1. The molecule has 1 unspecified atom stereocenters. The van der Waals surface area contributed by atoms with Gasteiger partial charge in [0.15, 0.2) is 0 Å². The molecule has 0 spiro atoms. The predicted molar refractivity (Wildman–Crippen MR) is 137 cm³/mol. The Morgan fingerprint density at radius 1 is 1.08 bits per heavy atom. The number of hydrogen-bond donors (Lipinski definition) is 3. The summed E-state index contributed by atoms with van der Waals surface area (Å²) in [6.07, 6.45) is 9.18. The Labute approximate surface area is 218 Å². The molecule has 5 rings (SSSR count). The second kappa shape index (κ2) is 8.94. The number of aliphatic hydroxyl groups is 1. The molecular formula is C29H42N2O6. The van der Waals surface area contributed by atoms with Gasteiger partial charge in [0, 0.05) is 16.9 Å². The van der Waals surface area contributed by atoms with Crippen molar-refractivity contribution in [3.8, 4) is 0 Å². The number of carbonyl (C=O) groups excluding carboxylic acids is 2. The number of hydrogen-bond acceptors (Lipinski definition) is 7. The minimum Gasteiger partial charge on any atom is -0.461 e. The lowest BCUT2D eigenvalue weighted by molar-refractivity contribution is -0.254. The molecule has 4 saturated carbocycles. The molecule has 4 aliphatic carbocycles. The fourth-order valence-corrected chi connectivity index (χ4v) is 9.58. The highest BCUT2D eigenvalue weighted by atomic mass is 16.5. The molecule has 37 heavy (non-hydrogen) atoms. The molecule has 9 atom stereocenters. The van der Waals surface area contributed by atoms with Gasteiger partial charge >= 0.3 is 11.6 Å². The van der Waals surface area contributed by atoms with Crippen LogP contribution in [0.5, 0.6) is 0 Å². The number of fused-ring (bicyclic) bond motifs is 5. The number of nitrogens with two attached hydrogens (primary N) is 2. The zero-order chi connectivity index (χ0) is 26.8. The van der Waals surface area contributed by atoms with E-state index in [1.165, 1.54) is 6.07 Å². The summed E-state index contributed by atoms with van der Waals surface area (Å²) in [7, 11) is 0. The van der Waals surface area contributed by atoms with Crippen molar-refractivity contribution < 1.29 is 23.8 Å². The quantitative estimate of drug-likeness (QED) is 0.511.